The summed E-state index contributed by atoms with van der Waals surface area (Å²) in [6.07, 6.45) is 0. The minimum atomic E-state index is -0.354. The second-order valence-electron chi connectivity index (χ2n) is 3.65. The van der Waals surface area contributed by atoms with Gasteiger partial charge in [-0.2, -0.15) is 0 Å². The van der Waals surface area contributed by atoms with Gasteiger partial charge in [0.1, 0.15) is 5.01 Å². The molecule has 0 aliphatic heterocycles. The number of thiazole rings is 1. The van der Waals surface area contributed by atoms with Crippen LogP contribution < -0.4 is 0 Å². The number of aryl methyl sites for hydroxylation is 1. The Hall–Kier alpha value is -1.20. The zero-order valence-corrected chi connectivity index (χ0v) is 12.5. The highest BCUT2D eigenvalue weighted by molar-refractivity contribution is 9.10. The lowest BCUT2D eigenvalue weighted by Gasteiger charge is -1.98. The lowest BCUT2D eigenvalue weighted by Crippen LogP contribution is -2.06. The SMILES string of the molecule is CCOC(=O)c1nc(-c2cccc(Br)c2)sc1C. The number of hydrogen-bond donors (Lipinski definition) is 0. The number of carbonyl (C=O) groups excluding carboxylic acids is 1. The first kappa shape index (κ1) is 13.2. The van der Waals surface area contributed by atoms with E-state index in [1.165, 1.54) is 11.3 Å². The molecule has 2 aromatic rings. The predicted molar refractivity (Wildman–Crippen MR) is 75.9 cm³/mol. The Labute approximate surface area is 118 Å². The number of halogens is 1. The van der Waals surface area contributed by atoms with Crippen molar-refractivity contribution in [1.29, 1.82) is 0 Å². The largest absolute Gasteiger partial charge is 0.461 e. The fraction of sp³-hybridized carbons (Fsp3) is 0.231. The predicted octanol–water partition coefficient (Wildman–Crippen LogP) is 4.06. The standard InChI is InChI=1S/C13H12BrNO2S/c1-3-17-13(16)11-8(2)18-12(15-11)9-5-4-6-10(14)7-9/h4-7H,3H2,1-2H3. The molecule has 0 fully saturated rings. The number of esters is 1. The van der Waals surface area contributed by atoms with Crippen LogP contribution in [0.2, 0.25) is 0 Å². The van der Waals surface area contributed by atoms with Crippen LogP contribution in [0.1, 0.15) is 22.3 Å². The number of rotatable bonds is 3. The second-order valence-corrected chi connectivity index (χ2v) is 5.77. The number of benzene rings is 1. The van der Waals surface area contributed by atoms with Crippen LogP contribution in [-0.4, -0.2) is 17.6 Å². The van der Waals surface area contributed by atoms with E-state index in [4.69, 9.17) is 4.74 Å². The van der Waals surface area contributed by atoms with Crippen molar-refractivity contribution in [1.82, 2.24) is 4.98 Å². The van der Waals surface area contributed by atoms with E-state index in [1.807, 2.05) is 31.2 Å². The maximum absolute atomic E-state index is 11.7. The lowest BCUT2D eigenvalue weighted by atomic mass is 10.2. The topological polar surface area (TPSA) is 39.2 Å². The number of carbonyl (C=O) groups is 1. The second kappa shape index (κ2) is 5.63. The summed E-state index contributed by atoms with van der Waals surface area (Å²) in [5, 5.41) is 0.830. The van der Waals surface area contributed by atoms with Gasteiger partial charge in [-0.05, 0) is 26.0 Å². The third-order valence-electron chi connectivity index (χ3n) is 2.34. The van der Waals surface area contributed by atoms with Crippen LogP contribution >= 0.6 is 27.3 Å². The van der Waals surface area contributed by atoms with E-state index in [9.17, 15) is 4.79 Å². The summed E-state index contributed by atoms with van der Waals surface area (Å²) in [5.74, 6) is -0.354. The monoisotopic (exact) mass is 325 g/mol. The molecule has 0 bridgehead atoms. The van der Waals surface area contributed by atoms with Gasteiger partial charge in [0.2, 0.25) is 0 Å². The molecule has 1 aromatic carbocycles. The molecule has 1 aromatic heterocycles. The molecule has 5 heteroatoms. The summed E-state index contributed by atoms with van der Waals surface area (Å²) < 4.78 is 5.97. The Morgan fingerprint density at radius 1 is 1.50 bits per heavy atom. The Bertz CT molecular complexity index is 580. The van der Waals surface area contributed by atoms with Crippen molar-refractivity contribution in [3.05, 3.63) is 39.3 Å². The molecule has 0 aliphatic rings. The molecule has 2 rings (SSSR count). The van der Waals surface area contributed by atoms with Crippen molar-refractivity contribution in [2.75, 3.05) is 6.61 Å². The maximum Gasteiger partial charge on any atom is 0.358 e. The van der Waals surface area contributed by atoms with Gasteiger partial charge in [0.25, 0.3) is 0 Å². The van der Waals surface area contributed by atoms with Crippen LogP contribution in [0.4, 0.5) is 0 Å². The average Bonchev–Trinajstić information content (AvgIpc) is 2.72. The Balaban J connectivity index is 2.37. The van der Waals surface area contributed by atoms with Crippen molar-refractivity contribution in [3.8, 4) is 10.6 Å². The Kier molecular flexibility index (Phi) is 4.14. The first-order valence-corrected chi connectivity index (χ1v) is 7.13. The summed E-state index contributed by atoms with van der Waals surface area (Å²) >= 11 is 4.92. The van der Waals surface area contributed by atoms with Crippen LogP contribution in [0.5, 0.6) is 0 Å². The molecule has 0 spiro atoms. The van der Waals surface area contributed by atoms with Gasteiger partial charge >= 0.3 is 5.97 Å². The summed E-state index contributed by atoms with van der Waals surface area (Å²) in [6.45, 7) is 4.03. The fourth-order valence-corrected chi connectivity index (χ4v) is 2.83. The molecule has 0 saturated carbocycles. The molecule has 0 radical (unpaired) electrons. The van der Waals surface area contributed by atoms with Crippen LogP contribution in [-0.2, 0) is 4.74 Å². The molecule has 18 heavy (non-hydrogen) atoms. The van der Waals surface area contributed by atoms with Gasteiger partial charge in [-0.1, -0.05) is 28.1 Å². The van der Waals surface area contributed by atoms with E-state index >= 15 is 0 Å². The van der Waals surface area contributed by atoms with E-state index in [-0.39, 0.29) is 5.97 Å². The molecule has 0 aliphatic carbocycles. The summed E-state index contributed by atoms with van der Waals surface area (Å²) in [4.78, 5) is 16.9. The molecule has 0 unspecified atom stereocenters. The molecular weight excluding hydrogens is 314 g/mol. The number of aromatic nitrogens is 1. The van der Waals surface area contributed by atoms with Gasteiger partial charge in [-0.15, -0.1) is 11.3 Å². The van der Waals surface area contributed by atoms with Crippen molar-refractivity contribution in [2.24, 2.45) is 0 Å². The van der Waals surface area contributed by atoms with Gasteiger partial charge in [-0.25, -0.2) is 9.78 Å². The Morgan fingerprint density at radius 2 is 2.28 bits per heavy atom. The molecular formula is C13H12BrNO2S. The van der Waals surface area contributed by atoms with Crippen LogP contribution in [0, 0.1) is 6.92 Å². The third-order valence-corrected chi connectivity index (χ3v) is 3.85. The summed E-state index contributed by atoms with van der Waals surface area (Å²) in [5.41, 5.74) is 1.41. The molecule has 0 amide bonds. The average molecular weight is 326 g/mol. The van der Waals surface area contributed by atoms with Crippen molar-refractivity contribution < 1.29 is 9.53 Å². The van der Waals surface area contributed by atoms with Crippen LogP contribution in [0.25, 0.3) is 10.6 Å². The van der Waals surface area contributed by atoms with Gasteiger partial charge in [0, 0.05) is 14.9 Å². The van der Waals surface area contributed by atoms with Gasteiger partial charge in [0.05, 0.1) is 6.61 Å². The number of ether oxygens (including phenoxy) is 1. The van der Waals surface area contributed by atoms with E-state index in [0.717, 1.165) is 19.9 Å². The highest BCUT2D eigenvalue weighted by Crippen LogP contribution is 2.29. The van der Waals surface area contributed by atoms with Crippen LogP contribution in [0.15, 0.2) is 28.7 Å². The smallest absolute Gasteiger partial charge is 0.358 e. The molecule has 1 heterocycles. The molecule has 0 N–H and O–H groups in total. The molecule has 94 valence electrons. The maximum atomic E-state index is 11.7. The highest BCUT2D eigenvalue weighted by atomic mass is 79.9. The van der Waals surface area contributed by atoms with Crippen molar-refractivity contribution in [2.45, 2.75) is 13.8 Å². The minimum Gasteiger partial charge on any atom is -0.461 e. The van der Waals surface area contributed by atoms with E-state index in [0.29, 0.717) is 12.3 Å². The normalized spacial score (nSPS) is 10.4. The quantitative estimate of drug-likeness (QED) is 0.799. The van der Waals surface area contributed by atoms with Crippen molar-refractivity contribution in [3.63, 3.8) is 0 Å². The minimum absolute atomic E-state index is 0.354. The van der Waals surface area contributed by atoms with Crippen molar-refractivity contribution >= 4 is 33.2 Å². The molecule has 0 saturated heterocycles. The zero-order chi connectivity index (χ0) is 13.1. The van der Waals surface area contributed by atoms with E-state index in [2.05, 4.69) is 20.9 Å². The first-order chi connectivity index (χ1) is 8.61. The fourth-order valence-electron chi connectivity index (χ4n) is 1.53. The van der Waals surface area contributed by atoms with Gasteiger partial charge in [-0.3, -0.25) is 0 Å². The van der Waals surface area contributed by atoms with Gasteiger partial charge < -0.3 is 4.74 Å². The van der Waals surface area contributed by atoms with Crippen LogP contribution in [0.3, 0.4) is 0 Å². The summed E-state index contributed by atoms with van der Waals surface area (Å²) in [7, 11) is 0. The third kappa shape index (κ3) is 2.79. The van der Waals surface area contributed by atoms with Gasteiger partial charge in [0.15, 0.2) is 5.69 Å². The zero-order valence-electron chi connectivity index (χ0n) is 10.1. The number of hydrogen-bond acceptors (Lipinski definition) is 4. The highest BCUT2D eigenvalue weighted by Gasteiger charge is 2.17. The Morgan fingerprint density at radius 3 is 2.94 bits per heavy atom. The molecule has 3 nitrogen and oxygen atoms in total. The van der Waals surface area contributed by atoms with E-state index < -0.39 is 0 Å². The number of nitrogens with zero attached hydrogens (tertiary/aromatic N) is 1. The lowest BCUT2D eigenvalue weighted by molar-refractivity contribution is 0.0519. The summed E-state index contributed by atoms with van der Waals surface area (Å²) in [6, 6.07) is 7.85. The van der Waals surface area contributed by atoms with E-state index in [1.54, 1.807) is 6.92 Å². The molecule has 0 atom stereocenters. The first-order valence-electron chi connectivity index (χ1n) is 5.52.